The van der Waals surface area contributed by atoms with Crippen LogP contribution in [-0.2, 0) is 4.74 Å². The van der Waals surface area contributed by atoms with E-state index in [4.69, 9.17) is 10.5 Å². The van der Waals surface area contributed by atoms with Gasteiger partial charge in [0.05, 0.1) is 17.6 Å². The molecule has 4 unspecified atom stereocenters. The normalized spacial score (nSPS) is 26.2. The summed E-state index contributed by atoms with van der Waals surface area (Å²) in [4.78, 5) is 22.5. The molecule has 186 valence electrons. The van der Waals surface area contributed by atoms with E-state index in [0.717, 1.165) is 56.5 Å². The first-order valence-electron chi connectivity index (χ1n) is 12.4. The smallest absolute Gasteiger partial charge is 0.251 e. The number of rotatable bonds is 6. The quantitative estimate of drug-likeness (QED) is 0.503. The summed E-state index contributed by atoms with van der Waals surface area (Å²) < 4.78 is 19.5. The third kappa shape index (κ3) is 5.22. The van der Waals surface area contributed by atoms with E-state index in [0.29, 0.717) is 17.0 Å². The van der Waals surface area contributed by atoms with E-state index in [1.807, 2.05) is 13.0 Å². The SMILES string of the molecule is CC1C(C(NC(=O)c2ccc3cnc(NC4CCOCC4)nc3c2)C2CCNC2)=CC=C(F)C1N. The van der Waals surface area contributed by atoms with E-state index in [1.165, 1.54) is 6.08 Å². The van der Waals surface area contributed by atoms with Crippen molar-refractivity contribution in [2.45, 2.75) is 44.3 Å². The molecule has 3 heterocycles. The highest BCUT2D eigenvalue weighted by molar-refractivity contribution is 5.98. The predicted octanol–water partition coefficient (Wildman–Crippen LogP) is 2.69. The van der Waals surface area contributed by atoms with Crippen molar-refractivity contribution < 1.29 is 13.9 Å². The molecule has 1 aromatic carbocycles. The first-order chi connectivity index (χ1) is 17.0. The summed E-state index contributed by atoms with van der Waals surface area (Å²) in [6, 6.07) is 4.82. The number of nitrogens with two attached hydrogens (primary N) is 1. The summed E-state index contributed by atoms with van der Waals surface area (Å²) in [6.45, 7) is 5.07. The van der Waals surface area contributed by atoms with E-state index in [2.05, 4.69) is 25.9 Å². The van der Waals surface area contributed by atoms with Crippen molar-refractivity contribution in [1.29, 1.82) is 0 Å². The zero-order valence-corrected chi connectivity index (χ0v) is 20.0. The molecule has 9 heteroatoms. The lowest BCUT2D eigenvalue weighted by Gasteiger charge is -2.34. The third-order valence-electron chi connectivity index (χ3n) is 7.43. The molecular formula is C26H33FN6O2. The fourth-order valence-corrected chi connectivity index (χ4v) is 5.19. The lowest BCUT2D eigenvalue weighted by molar-refractivity contribution is 0.0902. The fourth-order valence-electron chi connectivity index (χ4n) is 5.19. The van der Waals surface area contributed by atoms with Crippen LogP contribution in [0.1, 0.15) is 36.5 Å². The standard InChI is InChI=1S/C26H33FN6O2/c1-15-20(4-5-21(27)23(15)28)24(18-6-9-29-13-18)33-25(34)16-2-3-17-14-30-26(32-22(17)12-16)31-19-7-10-35-11-8-19/h2-5,12,14-15,18-19,23-24,29H,6-11,13,28H2,1H3,(H,33,34)(H,30,31,32). The molecule has 0 bridgehead atoms. The van der Waals surface area contributed by atoms with Crippen LogP contribution in [0.2, 0.25) is 0 Å². The van der Waals surface area contributed by atoms with Crippen LogP contribution in [0.4, 0.5) is 10.3 Å². The molecule has 8 nitrogen and oxygen atoms in total. The van der Waals surface area contributed by atoms with E-state index in [9.17, 15) is 9.18 Å². The van der Waals surface area contributed by atoms with E-state index < -0.39 is 6.04 Å². The number of ether oxygens (including phenoxy) is 1. The van der Waals surface area contributed by atoms with E-state index in [1.54, 1.807) is 24.4 Å². The van der Waals surface area contributed by atoms with Crippen molar-refractivity contribution in [2.75, 3.05) is 31.6 Å². The summed E-state index contributed by atoms with van der Waals surface area (Å²) in [5.41, 5.74) is 8.29. The highest BCUT2D eigenvalue weighted by Crippen LogP contribution is 2.32. The minimum atomic E-state index is -0.692. The molecule has 3 aliphatic rings. The largest absolute Gasteiger partial charge is 0.381 e. The number of halogens is 1. The number of hydrogen-bond acceptors (Lipinski definition) is 7. The average molecular weight is 481 g/mol. The maximum absolute atomic E-state index is 14.1. The van der Waals surface area contributed by atoms with E-state index >= 15 is 0 Å². The van der Waals surface area contributed by atoms with Crippen LogP contribution in [0, 0.1) is 11.8 Å². The molecule has 2 saturated heterocycles. The molecule has 2 aromatic rings. The van der Waals surface area contributed by atoms with Crippen molar-refractivity contribution >= 4 is 22.8 Å². The molecule has 0 radical (unpaired) electrons. The Balaban J connectivity index is 1.37. The summed E-state index contributed by atoms with van der Waals surface area (Å²) in [6.07, 6.45) is 7.75. The van der Waals surface area contributed by atoms with Gasteiger partial charge in [-0.2, -0.15) is 0 Å². The van der Waals surface area contributed by atoms with Gasteiger partial charge in [-0.15, -0.1) is 0 Å². The number of nitrogens with one attached hydrogen (secondary N) is 3. The Kier molecular flexibility index (Phi) is 7.08. The van der Waals surface area contributed by atoms with Crippen molar-refractivity contribution in [3.63, 3.8) is 0 Å². The van der Waals surface area contributed by atoms with Gasteiger partial charge >= 0.3 is 0 Å². The van der Waals surface area contributed by atoms with Gasteiger partial charge in [-0.25, -0.2) is 14.4 Å². The van der Waals surface area contributed by atoms with Gasteiger partial charge in [0.15, 0.2) is 0 Å². The Labute approximate surface area is 204 Å². The highest BCUT2D eigenvalue weighted by atomic mass is 19.1. The van der Waals surface area contributed by atoms with Gasteiger partial charge in [-0.05, 0) is 55.5 Å². The van der Waals surface area contributed by atoms with Crippen molar-refractivity contribution in [3.8, 4) is 0 Å². The van der Waals surface area contributed by atoms with Crippen LogP contribution in [0.5, 0.6) is 0 Å². The molecule has 0 saturated carbocycles. The number of aromatic nitrogens is 2. The maximum atomic E-state index is 14.1. The molecule has 35 heavy (non-hydrogen) atoms. The highest BCUT2D eigenvalue weighted by Gasteiger charge is 2.35. The van der Waals surface area contributed by atoms with Crippen molar-refractivity contribution in [1.82, 2.24) is 20.6 Å². The molecule has 5 rings (SSSR count). The van der Waals surface area contributed by atoms with Gasteiger partial charge in [0.1, 0.15) is 5.83 Å². The van der Waals surface area contributed by atoms with Crippen molar-refractivity contribution in [2.24, 2.45) is 17.6 Å². The van der Waals surface area contributed by atoms with Gasteiger partial charge in [-0.1, -0.05) is 19.1 Å². The predicted molar refractivity (Wildman–Crippen MR) is 134 cm³/mol. The van der Waals surface area contributed by atoms with Crippen LogP contribution in [0.15, 0.2) is 47.9 Å². The Morgan fingerprint density at radius 2 is 2.09 bits per heavy atom. The molecule has 4 atom stereocenters. The number of allylic oxidation sites excluding steroid dienone is 2. The number of anilines is 1. The second-order valence-electron chi connectivity index (χ2n) is 9.73. The van der Waals surface area contributed by atoms with Crippen LogP contribution < -0.4 is 21.7 Å². The minimum Gasteiger partial charge on any atom is -0.381 e. The lowest BCUT2D eigenvalue weighted by Crippen LogP contribution is -2.47. The van der Waals surface area contributed by atoms with Gasteiger partial charge in [-0.3, -0.25) is 4.79 Å². The molecule has 1 aromatic heterocycles. The lowest BCUT2D eigenvalue weighted by atomic mass is 9.79. The molecule has 0 spiro atoms. The number of amides is 1. The van der Waals surface area contributed by atoms with Crippen LogP contribution in [0.3, 0.4) is 0 Å². The molecule has 2 fully saturated rings. The number of benzene rings is 1. The summed E-state index contributed by atoms with van der Waals surface area (Å²) >= 11 is 0. The Morgan fingerprint density at radius 1 is 1.26 bits per heavy atom. The molecular weight excluding hydrogens is 447 g/mol. The Morgan fingerprint density at radius 3 is 2.86 bits per heavy atom. The second kappa shape index (κ2) is 10.4. The van der Waals surface area contributed by atoms with Gasteiger partial charge < -0.3 is 26.4 Å². The van der Waals surface area contributed by atoms with Crippen molar-refractivity contribution in [3.05, 3.63) is 53.5 Å². The number of hydrogen-bond donors (Lipinski definition) is 4. The Hall–Kier alpha value is -2.88. The van der Waals surface area contributed by atoms with Crippen LogP contribution >= 0.6 is 0 Å². The monoisotopic (exact) mass is 480 g/mol. The van der Waals surface area contributed by atoms with Crippen LogP contribution in [0.25, 0.3) is 10.9 Å². The van der Waals surface area contributed by atoms with Gasteiger partial charge in [0.2, 0.25) is 5.95 Å². The zero-order valence-electron chi connectivity index (χ0n) is 20.0. The number of carbonyl (C=O) groups is 1. The van der Waals surface area contributed by atoms with Crippen LogP contribution in [-0.4, -0.2) is 60.3 Å². The Bertz CT molecular complexity index is 1140. The van der Waals surface area contributed by atoms with E-state index in [-0.39, 0.29) is 35.7 Å². The number of carbonyl (C=O) groups excluding carboxylic acids is 1. The third-order valence-corrected chi connectivity index (χ3v) is 7.43. The first-order valence-corrected chi connectivity index (χ1v) is 12.4. The van der Waals surface area contributed by atoms with Gasteiger partial charge in [0, 0.05) is 48.9 Å². The minimum absolute atomic E-state index is 0.182. The molecule has 5 N–H and O–H groups in total. The first kappa shape index (κ1) is 23.8. The molecule has 1 aliphatic carbocycles. The molecule has 1 amide bonds. The number of nitrogens with zero attached hydrogens (tertiary/aromatic N) is 2. The fraction of sp³-hybridized carbons (Fsp3) is 0.500. The topological polar surface area (TPSA) is 114 Å². The van der Waals surface area contributed by atoms with Gasteiger partial charge in [0.25, 0.3) is 5.91 Å². The summed E-state index contributed by atoms with van der Waals surface area (Å²) in [5, 5.41) is 10.8. The number of fused-ring (bicyclic) bond motifs is 1. The average Bonchev–Trinajstić information content (AvgIpc) is 3.41. The summed E-state index contributed by atoms with van der Waals surface area (Å²) in [5.74, 6) is 0.0654. The molecule has 2 aliphatic heterocycles. The second-order valence-corrected chi connectivity index (χ2v) is 9.73. The summed E-state index contributed by atoms with van der Waals surface area (Å²) in [7, 11) is 0. The maximum Gasteiger partial charge on any atom is 0.251 e. The zero-order chi connectivity index (χ0) is 24.4.